The van der Waals surface area contributed by atoms with E-state index in [-0.39, 0.29) is 11.9 Å². The van der Waals surface area contributed by atoms with Crippen LogP contribution in [0, 0.1) is 0 Å². The largest absolute Gasteiger partial charge is 0.378 e. The summed E-state index contributed by atoms with van der Waals surface area (Å²) in [5.41, 5.74) is 2.25. The zero-order valence-electron chi connectivity index (χ0n) is 16.4. The second-order valence-electron chi connectivity index (χ2n) is 7.70. The van der Waals surface area contributed by atoms with Gasteiger partial charge in [0.05, 0.1) is 18.6 Å². The highest BCUT2D eigenvalue weighted by Crippen LogP contribution is 2.42. The van der Waals surface area contributed by atoms with Crippen molar-refractivity contribution in [2.75, 3.05) is 31.6 Å². The lowest BCUT2D eigenvalue weighted by atomic mass is 10.1. The highest BCUT2D eigenvalue weighted by molar-refractivity contribution is 7.17. The lowest BCUT2D eigenvalue weighted by Crippen LogP contribution is -2.47. The minimum Gasteiger partial charge on any atom is -0.378 e. The molecule has 6 nitrogen and oxygen atoms in total. The topological polar surface area (TPSA) is 67.4 Å². The number of benzene rings is 1. The molecular weight excluding hydrogens is 384 g/mol. The second kappa shape index (κ2) is 7.72. The molecule has 1 aliphatic heterocycles. The van der Waals surface area contributed by atoms with Crippen LogP contribution in [0.1, 0.15) is 31.5 Å². The van der Waals surface area contributed by atoms with E-state index in [2.05, 4.69) is 22.8 Å². The number of morpholine rings is 1. The predicted molar refractivity (Wildman–Crippen MR) is 115 cm³/mol. The number of hydrogen-bond donors (Lipinski definition) is 1. The van der Waals surface area contributed by atoms with Gasteiger partial charge in [-0.2, -0.15) is 0 Å². The van der Waals surface area contributed by atoms with Gasteiger partial charge in [0.1, 0.15) is 22.5 Å². The molecule has 0 spiro atoms. The molecule has 1 atom stereocenters. The Bertz CT molecular complexity index is 1030. The summed E-state index contributed by atoms with van der Waals surface area (Å²) in [6, 6.07) is 9.93. The van der Waals surface area contributed by atoms with Crippen LogP contribution in [-0.2, 0) is 9.53 Å². The van der Waals surface area contributed by atoms with E-state index < -0.39 is 0 Å². The van der Waals surface area contributed by atoms with Gasteiger partial charge in [0, 0.05) is 30.0 Å². The number of ether oxygens (including phenoxy) is 1. The van der Waals surface area contributed by atoms with Gasteiger partial charge in [-0.25, -0.2) is 9.97 Å². The molecule has 3 aromatic rings. The van der Waals surface area contributed by atoms with Crippen LogP contribution in [0.2, 0.25) is 0 Å². The molecule has 1 aliphatic carbocycles. The van der Waals surface area contributed by atoms with E-state index in [0.717, 1.165) is 45.8 Å². The first-order valence-corrected chi connectivity index (χ1v) is 11.1. The molecule has 0 radical (unpaired) electrons. The summed E-state index contributed by atoms with van der Waals surface area (Å²) in [4.78, 5) is 25.5. The van der Waals surface area contributed by atoms with Crippen LogP contribution < -0.4 is 5.32 Å². The molecule has 1 saturated heterocycles. The minimum absolute atomic E-state index is 0.0875. The van der Waals surface area contributed by atoms with E-state index in [4.69, 9.17) is 14.7 Å². The molecule has 7 heteroatoms. The molecule has 0 bridgehead atoms. The average molecular weight is 409 g/mol. The molecule has 1 unspecified atom stereocenters. The predicted octanol–water partition coefficient (Wildman–Crippen LogP) is 3.89. The first kappa shape index (κ1) is 18.5. The number of hydrogen-bond acceptors (Lipinski definition) is 6. The Labute approximate surface area is 173 Å². The summed E-state index contributed by atoms with van der Waals surface area (Å²) < 4.78 is 5.38. The number of carbonyl (C=O) groups excluding carboxylic acids is 1. The van der Waals surface area contributed by atoms with Gasteiger partial charge >= 0.3 is 0 Å². The fourth-order valence-electron chi connectivity index (χ4n) is 3.74. The smallest absolute Gasteiger partial charge is 0.244 e. The maximum atomic E-state index is 12.9. The van der Waals surface area contributed by atoms with E-state index in [9.17, 15) is 4.79 Å². The van der Waals surface area contributed by atoms with Crippen LogP contribution in [0.3, 0.4) is 0 Å². The number of amides is 1. The summed E-state index contributed by atoms with van der Waals surface area (Å²) in [7, 11) is 0. The number of aromatic nitrogens is 2. The lowest BCUT2D eigenvalue weighted by Gasteiger charge is -2.29. The standard InChI is InChI=1S/C22H24N4O2S/c1-14(22(27)26-9-11-28-12-10-26)23-20-18-17(15-5-3-2-4-6-15)13-29-21(18)25-19(24-20)16-7-8-16/h2-6,13-14,16H,7-12H2,1H3,(H,23,24,25). The van der Waals surface area contributed by atoms with E-state index >= 15 is 0 Å². The van der Waals surface area contributed by atoms with Crippen molar-refractivity contribution in [2.45, 2.75) is 31.7 Å². The number of thiophene rings is 1. The van der Waals surface area contributed by atoms with Crippen LogP contribution in [-0.4, -0.2) is 53.1 Å². The van der Waals surface area contributed by atoms with Crippen molar-refractivity contribution in [3.05, 3.63) is 41.5 Å². The third-order valence-electron chi connectivity index (χ3n) is 5.52. The van der Waals surface area contributed by atoms with E-state index in [1.54, 1.807) is 11.3 Å². The molecule has 2 fully saturated rings. The molecule has 1 aromatic carbocycles. The van der Waals surface area contributed by atoms with E-state index in [1.165, 1.54) is 0 Å². The van der Waals surface area contributed by atoms with Crippen molar-refractivity contribution in [3.63, 3.8) is 0 Å². The average Bonchev–Trinajstić information content (AvgIpc) is 3.53. The van der Waals surface area contributed by atoms with Crippen LogP contribution in [0.5, 0.6) is 0 Å². The fraction of sp³-hybridized carbons (Fsp3) is 0.409. The number of nitrogens with one attached hydrogen (secondary N) is 1. The van der Waals surface area contributed by atoms with Crippen molar-refractivity contribution in [1.82, 2.24) is 14.9 Å². The number of carbonyl (C=O) groups is 1. The SMILES string of the molecule is CC(Nc1nc(C2CC2)nc2scc(-c3ccccc3)c12)C(=O)N1CCOCC1. The summed E-state index contributed by atoms with van der Waals surface area (Å²) in [6.45, 7) is 4.41. The normalized spacial score (nSPS) is 18.0. The molecule has 1 saturated carbocycles. The van der Waals surface area contributed by atoms with Gasteiger partial charge in [0.2, 0.25) is 5.91 Å². The number of fused-ring (bicyclic) bond motifs is 1. The van der Waals surface area contributed by atoms with E-state index in [1.807, 2.05) is 30.0 Å². The summed E-state index contributed by atoms with van der Waals surface area (Å²) in [5.74, 6) is 2.20. The van der Waals surface area contributed by atoms with Crippen LogP contribution >= 0.6 is 11.3 Å². The summed E-state index contributed by atoms with van der Waals surface area (Å²) >= 11 is 1.64. The monoisotopic (exact) mass is 408 g/mol. The van der Waals surface area contributed by atoms with Crippen LogP contribution in [0.15, 0.2) is 35.7 Å². The molecular formula is C22H24N4O2S. The Morgan fingerprint density at radius 2 is 1.97 bits per heavy atom. The quantitative estimate of drug-likeness (QED) is 0.694. The highest BCUT2D eigenvalue weighted by Gasteiger charge is 2.30. The van der Waals surface area contributed by atoms with E-state index in [0.29, 0.717) is 32.2 Å². The summed E-state index contributed by atoms with van der Waals surface area (Å²) in [5, 5.41) is 6.58. The van der Waals surface area contributed by atoms with Gasteiger partial charge in [-0.05, 0) is 25.3 Å². The Morgan fingerprint density at radius 3 is 2.69 bits per heavy atom. The first-order chi connectivity index (χ1) is 14.2. The van der Waals surface area contributed by atoms with Crippen LogP contribution in [0.4, 0.5) is 5.82 Å². The maximum absolute atomic E-state index is 12.9. The van der Waals surface area contributed by atoms with Crippen molar-refractivity contribution in [1.29, 1.82) is 0 Å². The number of nitrogens with zero attached hydrogens (tertiary/aromatic N) is 3. The summed E-state index contributed by atoms with van der Waals surface area (Å²) in [6.07, 6.45) is 2.29. The molecule has 5 rings (SSSR count). The lowest BCUT2D eigenvalue weighted by molar-refractivity contribution is -0.135. The molecule has 2 aliphatic rings. The van der Waals surface area contributed by atoms with Gasteiger partial charge in [0.15, 0.2) is 0 Å². The first-order valence-electron chi connectivity index (χ1n) is 10.2. The Morgan fingerprint density at radius 1 is 1.21 bits per heavy atom. The zero-order chi connectivity index (χ0) is 19.8. The van der Waals surface area contributed by atoms with Crippen molar-refractivity contribution < 1.29 is 9.53 Å². The zero-order valence-corrected chi connectivity index (χ0v) is 17.2. The third kappa shape index (κ3) is 3.72. The molecule has 2 aromatic heterocycles. The third-order valence-corrected chi connectivity index (χ3v) is 6.40. The second-order valence-corrected chi connectivity index (χ2v) is 8.56. The van der Waals surface area contributed by atoms with Crippen molar-refractivity contribution >= 4 is 33.3 Å². The minimum atomic E-state index is -0.359. The molecule has 1 amide bonds. The van der Waals surface area contributed by atoms with Gasteiger partial charge in [-0.1, -0.05) is 30.3 Å². The molecule has 29 heavy (non-hydrogen) atoms. The van der Waals surface area contributed by atoms with Crippen molar-refractivity contribution in [3.8, 4) is 11.1 Å². The Balaban J connectivity index is 1.52. The molecule has 1 N–H and O–H groups in total. The number of anilines is 1. The van der Waals surface area contributed by atoms with Crippen LogP contribution in [0.25, 0.3) is 21.3 Å². The Kier molecular flexibility index (Phi) is 4.93. The highest BCUT2D eigenvalue weighted by atomic mass is 32.1. The number of rotatable bonds is 5. The molecule has 150 valence electrons. The molecule has 3 heterocycles. The maximum Gasteiger partial charge on any atom is 0.244 e. The Hall–Kier alpha value is -2.51. The van der Waals surface area contributed by atoms with Gasteiger partial charge < -0.3 is 15.0 Å². The van der Waals surface area contributed by atoms with Crippen molar-refractivity contribution in [2.24, 2.45) is 0 Å². The van der Waals surface area contributed by atoms with Gasteiger partial charge in [0.25, 0.3) is 0 Å². The van der Waals surface area contributed by atoms with Gasteiger partial charge in [-0.15, -0.1) is 11.3 Å². The van der Waals surface area contributed by atoms with Gasteiger partial charge in [-0.3, -0.25) is 4.79 Å². The fourth-order valence-corrected chi connectivity index (χ4v) is 4.70.